The summed E-state index contributed by atoms with van der Waals surface area (Å²) in [5.41, 5.74) is 6.49. The van der Waals surface area contributed by atoms with Gasteiger partial charge in [-0.2, -0.15) is 0 Å². The number of aliphatic hydroxyl groups excluding tert-OH is 2. The zero-order valence-electron chi connectivity index (χ0n) is 21.7. The average Bonchev–Trinajstić information content (AvgIpc) is 3.51. The SMILES string of the molecule is C[C@@H](NC(=O)[C@H](O)[C@@H](O)C(=O)N1CCc2ccccc2C1)c1ccc(-c2ccc(N3CCCC3)cc2)cc1. The van der Waals surface area contributed by atoms with Crippen LogP contribution >= 0.6 is 0 Å². The Morgan fingerprint density at radius 2 is 1.39 bits per heavy atom. The van der Waals surface area contributed by atoms with E-state index in [1.165, 1.54) is 29.0 Å². The number of anilines is 1. The number of rotatable bonds is 7. The molecule has 38 heavy (non-hydrogen) atoms. The summed E-state index contributed by atoms with van der Waals surface area (Å²) in [6.45, 7) is 4.82. The third kappa shape index (κ3) is 5.59. The fraction of sp³-hybridized carbons (Fsp3) is 0.355. The third-order valence-electron chi connectivity index (χ3n) is 7.70. The molecule has 0 saturated carbocycles. The Balaban J connectivity index is 1.16. The predicted octanol–water partition coefficient (Wildman–Crippen LogP) is 3.44. The van der Waals surface area contributed by atoms with Crippen LogP contribution in [-0.4, -0.2) is 58.8 Å². The van der Waals surface area contributed by atoms with Gasteiger partial charge in [-0.1, -0.05) is 60.7 Å². The summed E-state index contributed by atoms with van der Waals surface area (Å²) in [6, 6.07) is 23.9. The number of nitrogens with zero attached hydrogens (tertiary/aromatic N) is 2. The average molecular weight is 514 g/mol. The van der Waals surface area contributed by atoms with E-state index in [2.05, 4.69) is 34.5 Å². The normalized spacial score (nSPS) is 17.4. The Morgan fingerprint density at radius 1 is 0.789 bits per heavy atom. The first-order chi connectivity index (χ1) is 18.4. The van der Waals surface area contributed by atoms with Crippen LogP contribution in [0.4, 0.5) is 5.69 Å². The molecule has 0 aliphatic carbocycles. The van der Waals surface area contributed by atoms with Crippen molar-refractivity contribution in [3.05, 3.63) is 89.5 Å². The summed E-state index contributed by atoms with van der Waals surface area (Å²) in [6.07, 6.45) is -0.504. The monoisotopic (exact) mass is 513 g/mol. The van der Waals surface area contributed by atoms with Crippen molar-refractivity contribution in [3.8, 4) is 11.1 Å². The molecule has 3 aromatic carbocycles. The lowest BCUT2D eigenvalue weighted by Crippen LogP contribution is -2.51. The standard InChI is InChI=1S/C31H35N3O4/c1-21(22-8-10-24(11-9-22)25-12-14-27(15-13-25)33-17-4-5-18-33)32-30(37)28(35)29(36)31(38)34-19-16-23-6-2-3-7-26(23)20-34/h2-3,6-15,21,28-29,35-36H,4-5,16-20H2,1H3,(H,32,37)/t21-,28-,29-/m1/s1. The van der Waals surface area contributed by atoms with E-state index in [9.17, 15) is 19.8 Å². The molecule has 0 radical (unpaired) electrons. The van der Waals surface area contributed by atoms with Gasteiger partial charge >= 0.3 is 0 Å². The number of amides is 2. The fourth-order valence-electron chi connectivity index (χ4n) is 5.34. The number of carbonyl (C=O) groups is 2. The first-order valence-electron chi connectivity index (χ1n) is 13.4. The molecule has 3 aromatic rings. The molecular formula is C31H35N3O4. The van der Waals surface area contributed by atoms with E-state index in [4.69, 9.17) is 0 Å². The Hall–Kier alpha value is -3.68. The summed E-state index contributed by atoms with van der Waals surface area (Å²) in [7, 11) is 0. The molecule has 3 atom stereocenters. The first-order valence-corrected chi connectivity index (χ1v) is 13.4. The highest BCUT2D eigenvalue weighted by Crippen LogP contribution is 2.27. The summed E-state index contributed by atoms with van der Waals surface area (Å²) in [4.78, 5) is 29.4. The number of hydrogen-bond donors (Lipinski definition) is 3. The molecule has 5 rings (SSSR count). The van der Waals surface area contributed by atoms with Crippen molar-refractivity contribution in [3.63, 3.8) is 0 Å². The van der Waals surface area contributed by atoms with Crippen molar-refractivity contribution in [2.45, 2.75) is 51.0 Å². The molecule has 1 fully saturated rings. The van der Waals surface area contributed by atoms with Gasteiger partial charge in [-0.25, -0.2) is 0 Å². The van der Waals surface area contributed by atoms with Gasteiger partial charge in [0, 0.05) is 31.9 Å². The minimum atomic E-state index is -1.85. The van der Waals surface area contributed by atoms with Gasteiger partial charge < -0.3 is 25.3 Å². The third-order valence-corrected chi connectivity index (χ3v) is 7.70. The number of benzene rings is 3. The van der Waals surface area contributed by atoms with Crippen LogP contribution in [-0.2, 0) is 22.6 Å². The second-order valence-electron chi connectivity index (χ2n) is 10.3. The Morgan fingerprint density at radius 3 is 2.05 bits per heavy atom. The molecule has 1 saturated heterocycles. The maximum Gasteiger partial charge on any atom is 0.255 e. The van der Waals surface area contributed by atoms with Crippen LogP contribution < -0.4 is 10.2 Å². The highest BCUT2D eigenvalue weighted by molar-refractivity contribution is 5.91. The lowest BCUT2D eigenvalue weighted by Gasteiger charge is -2.31. The van der Waals surface area contributed by atoms with Crippen LogP contribution in [0, 0.1) is 0 Å². The largest absolute Gasteiger partial charge is 0.380 e. The van der Waals surface area contributed by atoms with Crippen molar-refractivity contribution in [2.75, 3.05) is 24.5 Å². The molecular weight excluding hydrogens is 478 g/mol. The van der Waals surface area contributed by atoms with Crippen LogP contribution in [0.5, 0.6) is 0 Å². The van der Waals surface area contributed by atoms with E-state index >= 15 is 0 Å². The highest BCUT2D eigenvalue weighted by Gasteiger charge is 2.35. The summed E-state index contributed by atoms with van der Waals surface area (Å²) in [5, 5.41) is 23.7. The molecule has 3 N–H and O–H groups in total. The molecule has 7 nitrogen and oxygen atoms in total. The molecule has 0 unspecified atom stereocenters. The summed E-state index contributed by atoms with van der Waals surface area (Å²) >= 11 is 0. The van der Waals surface area contributed by atoms with Gasteiger partial charge in [0.2, 0.25) is 0 Å². The van der Waals surface area contributed by atoms with Gasteiger partial charge in [0.1, 0.15) is 0 Å². The van der Waals surface area contributed by atoms with Gasteiger partial charge in [-0.15, -0.1) is 0 Å². The number of aliphatic hydroxyl groups is 2. The zero-order valence-corrected chi connectivity index (χ0v) is 21.7. The van der Waals surface area contributed by atoms with Crippen molar-refractivity contribution < 1.29 is 19.8 Å². The molecule has 0 bridgehead atoms. The van der Waals surface area contributed by atoms with Crippen LogP contribution in [0.15, 0.2) is 72.8 Å². The molecule has 2 aliphatic rings. The van der Waals surface area contributed by atoms with E-state index in [1.807, 2.05) is 48.5 Å². The van der Waals surface area contributed by atoms with E-state index in [0.717, 1.165) is 35.3 Å². The van der Waals surface area contributed by atoms with Crippen LogP contribution in [0.3, 0.4) is 0 Å². The zero-order chi connectivity index (χ0) is 26.6. The Labute approximate surface area is 223 Å². The predicted molar refractivity (Wildman–Crippen MR) is 147 cm³/mol. The maximum absolute atomic E-state index is 12.8. The smallest absolute Gasteiger partial charge is 0.255 e. The Bertz CT molecular complexity index is 1270. The van der Waals surface area contributed by atoms with Crippen molar-refractivity contribution in [2.24, 2.45) is 0 Å². The number of hydrogen-bond acceptors (Lipinski definition) is 5. The topological polar surface area (TPSA) is 93.1 Å². The van der Waals surface area contributed by atoms with Gasteiger partial charge in [0.25, 0.3) is 11.8 Å². The Kier molecular flexibility index (Phi) is 7.77. The minimum absolute atomic E-state index is 0.351. The van der Waals surface area contributed by atoms with Crippen molar-refractivity contribution >= 4 is 17.5 Å². The summed E-state index contributed by atoms with van der Waals surface area (Å²) in [5.74, 6) is -1.42. The molecule has 0 spiro atoms. The van der Waals surface area contributed by atoms with Crippen LogP contribution in [0.25, 0.3) is 11.1 Å². The molecule has 7 heteroatoms. The van der Waals surface area contributed by atoms with Gasteiger partial charge in [-0.05, 0) is 66.1 Å². The number of carbonyl (C=O) groups excluding carboxylic acids is 2. The van der Waals surface area contributed by atoms with Crippen LogP contribution in [0.2, 0.25) is 0 Å². The first kappa shape index (κ1) is 25.9. The van der Waals surface area contributed by atoms with E-state index in [1.54, 1.807) is 6.92 Å². The van der Waals surface area contributed by atoms with Gasteiger partial charge in [0.15, 0.2) is 12.2 Å². The lowest BCUT2D eigenvalue weighted by atomic mass is 9.99. The fourth-order valence-corrected chi connectivity index (χ4v) is 5.34. The second-order valence-corrected chi connectivity index (χ2v) is 10.3. The molecule has 2 heterocycles. The quantitative estimate of drug-likeness (QED) is 0.450. The van der Waals surface area contributed by atoms with Crippen molar-refractivity contribution in [1.29, 1.82) is 0 Å². The van der Waals surface area contributed by atoms with Gasteiger partial charge in [0.05, 0.1) is 6.04 Å². The molecule has 0 aromatic heterocycles. The van der Waals surface area contributed by atoms with E-state index in [0.29, 0.717) is 19.5 Å². The van der Waals surface area contributed by atoms with Crippen LogP contribution in [0.1, 0.15) is 42.5 Å². The van der Waals surface area contributed by atoms with Crippen molar-refractivity contribution in [1.82, 2.24) is 10.2 Å². The maximum atomic E-state index is 12.8. The second kappa shape index (κ2) is 11.4. The molecule has 2 aliphatic heterocycles. The highest BCUT2D eigenvalue weighted by atomic mass is 16.3. The van der Waals surface area contributed by atoms with E-state index < -0.39 is 30.1 Å². The minimum Gasteiger partial charge on any atom is -0.380 e. The molecule has 2 amide bonds. The number of nitrogens with one attached hydrogen (secondary N) is 1. The lowest BCUT2D eigenvalue weighted by molar-refractivity contribution is -0.154. The van der Waals surface area contributed by atoms with Gasteiger partial charge in [-0.3, -0.25) is 9.59 Å². The summed E-state index contributed by atoms with van der Waals surface area (Å²) < 4.78 is 0. The number of fused-ring (bicyclic) bond motifs is 1. The van der Waals surface area contributed by atoms with E-state index in [-0.39, 0.29) is 0 Å². The molecule has 198 valence electrons.